The number of carbonyl (C=O) groups is 2. The summed E-state index contributed by atoms with van der Waals surface area (Å²) in [6.07, 6.45) is 0. The summed E-state index contributed by atoms with van der Waals surface area (Å²) in [5.41, 5.74) is 0.795. The Morgan fingerprint density at radius 1 is 0.833 bits per heavy atom. The van der Waals surface area contributed by atoms with E-state index in [1.54, 1.807) is 0 Å². The van der Waals surface area contributed by atoms with Crippen molar-refractivity contribution in [2.45, 2.75) is 6.54 Å². The Morgan fingerprint density at radius 2 is 1.44 bits per heavy atom. The molecular formula is C25H31N5O5S. The second-order valence-electron chi connectivity index (χ2n) is 8.95. The number of nitrogens with zero attached hydrogens (tertiary/aromatic N) is 4. The van der Waals surface area contributed by atoms with Gasteiger partial charge in [0.2, 0.25) is 0 Å². The SMILES string of the molecule is O=C(O)CN1CCNCCN(CC(=O)O)CCN(Cc2ccc3c(=O)c4ccccc4sc3n2)CC1. The maximum Gasteiger partial charge on any atom is 0.317 e. The van der Waals surface area contributed by atoms with Crippen molar-refractivity contribution in [1.82, 2.24) is 25.0 Å². The van der Waals surface area contributed by atoms with E-state index in [-0.39, 0.29) is 18.5 Å². The molecule has 0 atom stereocenters. The number of fused-ring (bicyclic) bond motifs is 2. The van der Waals surface area contributed by atoms with Crippen LogP contribution >= 0.6 is 11.3 Å². The molecule has 1 fully saturated rings. The van der Waals surface area contributed by atoms with Crippen LogP contribution in [0.15, 0.2) is 41.2 Å². The Bertz CT molecular complexity index is 1250. The van der Waals surface area contributed by atoms with E-state index < -0.39 is 11.9 Å². The molecule has 1 aromatic carbocycles. The van der Waals surface area contributed by atoms with Crippen LogP contribution in [-0.2, 0) is 16.1 Å². The van der Waals surface area contributed by atoms with Crippen molar-refractivity contribution in [2.24, 2.45) is 0 Å². The minimum atomic E-state index is -0.861. The van der Waals surface area contributed by atoms with Gasteiger partial charge in [0, 0.05) is 69.0 Å². The first kappa shape index (κ1) is 26.1. The zero-order valence-corrected chi connectivity index (χ0v) is 20.9. The third-order valence-electron chi connectivity index (χ3n) is 6.28. The van der Waals surface area contributed by atoms with E-state index in [4.69, 9.17) is 4.98 Å². The molecule has 11 heteroatoms. The smallest absolute Gasteiger partial charge is 0.317 e. The van der Waals surface area contributed by atoms with Crippen molar-refractivity contribution in [2.75, 3.05) is 65.4 Å². The van der Waals surface area contributed by atoms with Gasteiger partial charge in [-0.1, -0.05) is 12.1 Å². The highest BCUT2D eigenvalue weighted by Gasteiger charge is 2.17. The van der Waals surface area contributed by atoms with Gasteiger partial charge < -0.3 is 15.5 Å². The van der Waals surface area contributed by atoms with E-state index in [0.717, 1.165) is 10.4 Å². The Hall–Kier alpha value is -2.96. The van der Waals surface area contributed by atoms with E-state index in [1.165, 1.54) is 11.3 Å². The molecule has 3 N–H and O–H groups in total. The molecule has 36 heavy (non-hydrogen) atoms. The van der Waals surface area contributed by atoms with Crippen LogP contribution in [0.5, 0.6) is 0 Å². The Labute approximate surface area is 212 Å². The third-order valence-corrected chi connectivity index (χ3v) is 7.36. The fraction of sp³-hybridized carbons (Fsp3) is 0.440. The summed E-state index contributed by atoms with van der Waals surface area (Å²) in [5, 5.41) is 23.2. The molecule has 1 aliphatic rings. The fourth-order valence-corrected chi connectivity index (χ4v) is 5.46. The van der Waals surface area contributed by atoms with E-state index in [9.17, 15) is 24.6 Å². The van der Waals surface area contributed by atoms with Gasteiger partial charge in [-0.15, -0.1) is 11.3 Å². The molecule has 1 aliphatic heterocycles. The average molecular weight is 514 g/mol. The first-order chi connectivity index (χ1) is 17.4. The number of hydrogen-bond acceptors (Lipinski definition) is 9. The fourth-order valence-electron chi connectivity index (χ4n) is 4.40. The highest BCUT2D eigenvalue weighted by Crippen LogP contribution is 2.23. The van der Waals surface area contributed by atoms with Gasteiger partial charge in [0.1, 0.15) is 4.83 Å². The topological polar surface area (TPSA) is 126 Å². The molecule has 192 valence electrons. The molecule has 0 aliphatic carbocycles. The van der Waals surface area contributed by atoms with Crippen LogP contribution in [0.4, 0.5) is 0 Å². The van der Waals surface area contributed by atoms with Crippen LogP contribution in [0.2, 0.25) is 0 Å². The number of aliphatic carboxylic acids is 2. The largest absolute Gasteiger partial charge is 0.480 e. The molecule has 1 saturated heterocycles. The molecule has 3 aromatic rings. The van der Waals surface area contributed by atoms with E-state index in [1.807, 2.05) is 46.2 Å². The lowest BCUT2D eigenvalue weighted by Crippen LogP contribution is -2.46. The summed E-state index contributed by atoms with van der Waals surface area (Å²) in [4.78, 5) is 47.0. The van der Waals surface area contributed by atoms with Crippen LogP contribution in [0.25, 0.3) is 20.3 Å². The van der Waals surface area contributed by atoms with Crippen molar-refractivity contribution >= 4 is 43.6 Å². The van der Waals surface area contributed by atoms with E-state index in [2.05, 4.69) is 10.2 Å². The monoisotopic (exact) mass is 513 g/mol. The number of nitrogens with one attached hydrogen (secondary N) is 1. The number of benzene rings is 1. The summed E-state index contributed by atoms with van der Waals surface area (Å²) in [6, 6.07) is 11.2. The highest BCUT2D eigenvalue weighted by molar-refractivity contribution is 7.24. The number of carboxylic acid groups (broad SMARTS) is 2. The predicted molar refractivity (Wildman–Crippen MR) is 140 cm³/mol. The van der Waals surface area contributed by atoms with E-state index in [0.29, 0.717) is 74.5 Å². The van der Waals surface area contributed by atoms with Crippen molar-refractivity contribution in [3.05, 3.63) is 52.3 Å². The Kier molecular flexibility index (Phi) is 8.94. The number of carboxylic acids is 2. The van der Waals surface area contributed by atoms with Crippen molar-refractivity contribution in [1.29, 1.82) is 0 Å². The molecule has 10 nitrogen and oxygen atoms in total. The van der Waals surface area contributed by atoms with Crippen LogP contribution in [0.3, 0.4) is 0 Å². The zero-order valence-electron chi connectivity index (χ0n) is 20.1. The molecule has 0 unspecified atom stereocenters. The minimum absolute atomic E-state index is 0.0213. The molecule has 4 rings (SSSR count). The van der Waals surface area contributed by atoms with Crippen molar-refractivity contribution in [3.63, 3.8) is 0 Å². The van der Waals surface area contributed by atoms with Gasteiger partial charge in [-0.05, 0) is 24.3 Å². The van der Waals surface area contributed by atoms with Crippen LogP contribution < -0.4 is 10.7 Å². The molecule has 0 amide bonds. The lowest BCUT2D eigenvalue weighted by atomic mass is 10.2. The Morgan fingerprint density at radius 3 is 2.08 bits per heavy atom. The molecule has 0 radical (unpaired) electrons. The second-order valence-corrected chi connectivity index (χ2v) is 9.98. The van der Waals surface area contributed by atoms with Crippen LogP contribution in [0.1, 0.15) is 5.69 Å². The summed E-state index contributed by atoms with van der Waals surface area (Å²) >= 11 is 1.49. The molecule has 3 heterocycles. The summed E-state index contributed by atoms with van der Waals surface area (Å²) in [6.45, 7) is 5.26. The van der Waals surface area contributed by atoms with Gasteiger partial charge in [-0.2, -0.15) is 0 Å². The Balaban J connectivity index is 1.56. The molecule has 0 spiro atoms. The first-order valence-electron chi connectivity index (χ1n) is 12.0. The lowest BCUT2D eigenvalue weighted by Gasteiger charge is -2.30. The number of aromatic nitrogens is 1. The third kappa shape index (κ3) is 7.05. The van der Waals surface area contributed by atoms with Gasteiger partial charge >= 0.3 is 11.9 Å². The molecule has 0 bridgehead atoms. The number of pyridine rings is 1. The standard InChI is InChI=1S/C25H31N5O5S/c31-22(32)16-28-9-7-26-8-10-29(17-23(33)34)12-14-30(13-11-28)15-18-5-6-20-24(35)19-3-1-2-4-21(19)36-25(20)27-18/h1-6,26H,7-17H2,(H,31,32)(H,33,34). The number of hydrogen-bond donors (Lipinski definition) is 3. The zero-order chi connectivity index (χ0) is 25.5. The highest BCUT2D eigenvalue weighted by atomic mass is 32.1. The van der Waals surface area contributed by atoms with Gasteiger partial charge in [-0.25, -0.2) is 4.98 Å². The van der Waals surface area contributed by atoms with Crippen molar-refractivity contribution < 1.29 is 19.8 Å². The molecule has 2 aromatic heterocycles. The number of rotatable bonds is 6. The maximum absolute atomic E-state index is 12.9. The van der Waals surface area contributed by atoms with Crippen molar-refractivity contribution in [3.8, 4) is 0 Å². The second kappa shape index (κ2) is 12.3. The maximum atomic E-state index is 12.9. The van der Waals surface area contributed by atoms with Gasteiger partial charge in [0.25, 0.3) is 0 Å². The summed E-state index contributed by atoms with van der Waals surface area (Å²) < 4.78 is 0.896. The average Bonchev–Trinajstić information content (AvgIpc) is 2.83. The summed E-state index contributed by atoms with van der Waals surface area (Å²) in [7, 11) is 0. The van der Waals surface area contributed by atoms with Gasteiger partial charge in [-0.3, -0.25) is 29.1 Å². The quantitative estimate of drug-likeness (QED) is 0.411. The summed E-state index contributed by atoms with van der Waals surface area (Å²) in [5.74, 6) is -1.72. The van der Waals surface area contributed by atoms with E-state index >= 15 is 0 Å². The molecular weight excluding hydrogens is 482 g/mol. The van der Waals surface area contributed by atoms with Crippen LogP contribution in [0, 0.1) is 0 Å². The first-order valence-corrected chi connectivity index (χ1v) is 12.8. The normalized spacial score (nSPS) is 17.6. The van der Waals surface area contributed by atoms with Gasteiger partial charge in [0.15, 0.2) is 5.43 Å². The van der Waals surface area contributed by atoms with Crippen LogP contribution in [-0.4, -0.2) is 107 Å². The predicted octanol–water partition coefficient (Wildman–Crippen LogP) is 0.988. The minimum Gasteiger partial charge on any atom is -0.480 e. The van der Waals surface area contributed by atoms with Gasteiger partial charge in [0.05, 0.1) is 24.2 Å². The lowest BCUT2D eigenvalue weighted by molar-refractivity contribution is -0.139. The molecule has 0 saturated carbocycles.